The largest absolute Gasteiger partial charge is 0.330 e. The third-order valence-electron chi connectivity index (χ3n) is 3.67. The summed E-state index contributed by atoms with van der Waals surface area (Å²) in [7, 11) is 4.29. The van der Waals surface area contributed by atoms with Crippen LogP contribution in [0.3, 0.4) is 0 Å². The molecule has 1 unspecified atom stereocenters. The molecule has 4 heteroatoms. The summed E-state index contributed by atoms with van der Waals surface area (Å²) in [6, 6.07) is 0. The molecule has 0 bridgehead atoms. The highest BCUT2D eigenvalue weighted by atomic mass is 15.3. The lowest BCUT2D eigenvalue weighted by Crippen LogP contribution is -2.48. The Bertz CT molecular complexity index is 188. The molecule has 102 valence electrons. The lowest BCUT2D eigenvalue weighted by molar-refractivity contribution is 0.121. The smallest absolute Gasteiger partial charge is 0.0110 e. The first kappa shape index (κ1) is 14.9. The van der Waals surface area contributed by atoms with Crippen molar-refractivity contribution in [3.63, 3.8) is 0 Å². The van der Waals surface area contributed by atoms with Gasteiger partial charge >= 0.3 is 0 Å². The van der Waals surface area contributed by atoms with E-state index < -0.39 is 0 Å². The molecule has 0 aromatic rings. The first-order valence-corrected chi connectivity index (χ1v) is 6.91. The van der Waals surface area contributed by atoms with Crippen molar-refractivity contribution in [1.29, 1.82) is 0 Å². The van der Waals surface area contributed by atoms with Gasteiger partial charge in [0.1, 0.15) is 0 Å². The van der Waals surface area contributed by atoms with Gasteiger partial charge in [0.15, 0.2) is 0 Å². The summed E-state index contributed by atoms with van der Waals surface area (Å²) < 4.78 is 0. The average Bonchev–Trinajstić information content (AvgIpc) is 2.34. The van der Waals surface area contributed by atoms with Gasteiger partial charge in [0.2, 0.25) is 0 Å². The van der Waals surface area contributed by atoms with E-state index >= 15 is 0 Å². The van der Waals surface area contributed by atoms with Crippen LogP contribution < -0.4 is 5.73 Å². The summed E-state index contributed by atoms with van der Waals surface area (Å²) >= 11 is 0. The van der Waals surface area contributed by atoms with Crippen molar-refractivity contribution in [3.8, 4) is 0 Å². The summed E-state index contributed by atoms with van der Waals surface area (Å²) in [5, 5.41) is 0. The van der Waals surface area contributed by atoms with Gasteiger partial charge in [-0.1, -0.05) is 6.92 Å². The monoisotopic (exact) mass is 242 g/mol. The van der Waals surface area contributed by atoms with Gasteiger partial charge < -0.3 is 15.5 Å². The molecule has 1 rings (SSSR count). The Morgan fingerprint density at radius 3 is 2.06 bits per heavy atom. The van der Waals surface area contributed by atoms with Crippen molar-refractivity contribution >= 4 is 0 Å². The van der Waals surface area contributed by atoms with Crippen LogP contribution in [0.25, 0.3) is 0 Å². The van der Waals surface area contributed by atoms with Crippen molar-refractivity contribution in [2.75, 3.05) is 66.5 Å². The van der Waals surface area contributed by atoms with Crippen LogP contribution in [0.5, 0.6) is 0 Å². The number of rotatable bonds is 7. The van der Waals surface area contributed by atoms with Crippen molar-refractivity contribution in [2.24, 2.45) is 11.7 Å². The number of hydrogen-bond acceptors (Lipinski definition) is 4. The first-order valence-electron chi connectivity index (χ1n) is 6.91. The Kier molecular flexibility index (Phi) is 7.04. The van der Waals surface area contributed by atoms with Crippen LogP contribution in [0.15, 0.2) is 0 Å². The molecule has 1 atom stereocenters. The van der Waals surface area contributed by atoms with Gasteiger partial charge in [0, 0.05) is 39.3 Å². The van der Waals surface area contributed by atoms with Gasteiger partial charge in [-0.15, -0.1) is 0 Å². The van der Waals surface area contributed by atoms with Crippen molar-refractivity contribution in [2.45, 2.75) is 13.3 Å². The Morgan fingerprint density at radius 2 is 1.59 bits per heavy atom. The molecule has 1 aliphatic rings. The molecule has 0 aromatic carbocycles. The molecule has 4 nitrogen and oxygen atoms in total. The lowest BCUT2D eigenvalue weighted by atomic mass is 10.1. The number of piperazine rings is 1. The molecular formula is C13H30N4. The second kappa shape index (κ2) is 8.03. The summed E-state index contributed by atoms with van der Waals surface area (Å²) in [6.45, 7) is 11.6. The molecule has 1 aliphatic heterocycles. The SMILES string of the molecule is CC(CN)CCN1CCN(CCN(C)C)CC1. The molecular weight excluding hydrogens is 212 g/mol. The molecule has 0 aromatic heterocycles. The fourth-order valence-corrected chi connectivity index (χ4v) is 2.10. The summed E-state index contributed by atoms with van der Waals surface area (Å²) in [6.07, 6.45) is 1.24. The fourth-order valence-electron chi connectivity index (χ4n) is 2.10. The third-order valence-corrected chi connectivity index (χ3v) is 3.67. The van der Waals surface area contributed by atoms with Gasteiger partial charge in [-0.25, -0.2) is 0 Å². The van der Waals surface area contributed by atoms with Crippen LogP contribution >= 0.6 is 0 Å². The second-order valence-electron chi connectivity index (χ2n) is 5.62. The highest BCUT2D eigenvalue weighted by Crippen LogP contribution is 2.06. The topological polar surface area (TPSA) is 35.7 Å². The van der Waals surface area contributed by atoms with E-state index in [0.29, 0.717) is 5.92 Å². The van der Waals surface area contributed by atoms with Gasteiger partial charge in [0.25, 0.3) is 0 Å². The maximum atomic E-state index is 5.65. The van der Waals surface area contributed by atoms with E-state index in [1.54, 1.807) is 0 Å². The van der Waals surface area contributed by atoms with Crippen molar-refractivity contribution in [3.05, 3.63) is 0 Å². The van der Waals surface area contributed by atoms with Gasteiger partial charge in [-0.2, -0.15) is 0 Å². The second-order valence-corrected chi connectivity index (χ2v) is 5.62. The van der Waals surface area contributed by atoms with Crippen LogP contribution in [0.1, 0.15) is 13.3 Å². The van der Waals surface area contributed by atoms with E-state index in [4.69, 9.17) is 5.73 Å². The molecule has 1 heterocycles. The number of nitrogens with zero attached hydrogens (tertiary/aromatic N) is 3. The average molecular weight is 242 g/mol. The summed E-state index contributed by atoms with van der Waals surface area (Å²) in [5.74, 6) is 0.668. The number of hydrogen-bond donors (Lipinski definition) is 1. The van der Waals surface area contributed by atoms with E-state index in [0.717, 1.165) is 6.54 Å². The Labute approximate surface area is 107 Å². The van der Waals surface area contributed by atoms with Crippen molar-refractivity contribution < 1.29 is 0 Å². The normalized spacial score (nSPS) is 21.0. The minimum atomic E-state index is 0.668. The van der Waals surface area contributed by atoms with E-state index in [9.17, 15) is 0 Å². The van der Waals surface area contributed by atoms with E-state index in [1.807, 2.05) is 0 Å². The van der Waals surface area contributed by atoms with E-state index in [1.165, 1.54) is 52.2 Å². The zero-order valence-corrected chi connectivity index (χ0v) is 11.9. The number of likely N-dealkylation sites (N-methyl/N-ethyl adjacent to an activating group) is 1. The van der Waals surface area contributed by atoms with Gasteiger partial charge in [-0.05, 0) is 39.5 Å². The standard InChI is InChI=1S/C13H30N4/c1-13(12-14)4-5-16-8-10-17(11-9-16)7-6-15(2)3/h13H,4-12,14H2,1-3H3. The molecule has 0 aliphatic carbocycles. The minimum Gasteiger partial charge on any atom is -0.330 e. The Hall–Kier alpha value is -0.160. The third kappa shape index (κ3) is 6.36. The first-order chi connectivity index (χ1) is 8.11. The summed E-state index contributed by atoms with van der Waals surface area (Å²) in [5.41, 5.74) is 5.65. The van der Waals surface area contributed by atoms with Crippen LogP contribution in [0, 0.1) is 5.92 Å². The summed E-state index contributed by atoms with van der Waals surface area (Å²) in [4.78, 5) is 7.41. The number of nitrogens with two attached hydrogens (primary N) is 1. The Balaban J connectivity index is 2.09. The van der Waals surface area contributed by atoms with Crippen LogP contribution in [-0.2, 0) is 0 Å². The van der Waals surface area contributed by atoms with Crippen LogP contribution in [0.2, 0.25) is 0 Å². The zero-order valence-electron chi connectivity index (χ0n) is 11.9. The molecule has 0 saturated carbocycles. The van der Waals surface area contributed by atoms with Gasteiger partial charge in [-0.3, -0.25) is 4.90 Å². The molecule has 1 saturated heterocycles. The van der Waals surface area contributed by atoms with Crippen molar-refractivity contribution in [1.82, 2.24) is 14.7 Å². The zero-order chi connectivity index (χ0) is 12.7. The molecule has 0 radical (unpaired) electrons. The Morgan fingerprint density at radius 1 is 1.06 bits per heavy atom. The fraction of sp³-hybridized carbons (Fsp3) is 1.00. The maximum Gasteiger partial charge on any atom is 0.0110 e. The lowest BCUT2D eigenvalue weighted by Gasteiger charge is -2.35. The highest BCUT2D eigenvalue weighted by molar-refractivity contribution is 4.73. The van der Waals surface area contributed by atoms with Crippen LogP contribution in [0.4, 0.5) is 0 Å². The molecule has 17 heavy (non-hydrogen) atoms. The van der Waals surface area contributed by atoms with E-state index in [2.05, 4.69) is 35.7 Å². The molecule has 1 fully saturated rings. The van der Waals surface area contributed by atoms with Gasteiger partial charge in [0.05, 0.1) is 0 Å². The highest BCUT2D eigenvalue weighted by Gasteiger charge is 2.16. The molecule has 0 amide bonds. The molecule has 0 spiro atoms. The van der Waals surface area contributed by atoms with Crippen LogP contribution in [-0.4, -0.2) is 81.2 Å². The predicted molar refractivity (Wildman–Crippen MR) is 74.3 cm³/mol. The quantitative estimate of drug-likeness (QED) is 0.689. The minimum absolute atomic E-state index is 0.668. The predicted octanol–water partition coefficient (Wildman–Crippen LogP) is 0.151. The maximum absolute atomic E-state index is 5.65. The van der Waals surface area contributed by atoms with E-state index in [-0.39, 0.29) is 0 Å². The molecule has 2 N–H and O–H groups in total.